The summed E-state index contributed by atoms with van der Waals surface area (Å²) in [7, 11) is 0. The van der Waals surface area contributed by atoms with E-state index in [2.05, 4.69) is 21.7 Å². The fraction of sp³-hybridized carbons (Fsp3) is 0.150. The standard InChI is InChI=1S/C20H18N2OS/c1-14-18(15(2)23)20(24)21-19(17-11-7-4-8-12-17)22(14)13-16-9-5-3-6-10-16/h3-12H,13H2,1-2H3. The molecule has 120 valence electrons. The fourth-order valence-corrected chi connectivity index (χ4v) is 3.21. The van der Waals surface area contributed by atoms with Gasteiger partial charge in [-0.2, -0.15) is 0 Å². The van der Waals surface area contributed by atoms with Crippen molar-refractivity contribution in [3.63, 3.8) is 0 Å². The molecule has 24 heavy (non-hydrogen) atoms. The van der Waals surface area contributed by atoms with Gasteiger partial charge >= 0.3 is 0 Å². The van der Waals surface area contributed by atoms with E-state index in [1.807, 2.05) is 55.5 Å². The van der Waals surface area contributed by atoms with Crippen molar-refractivity contribution in [2.45, 2.75) is 20.4 Å². The lowest BCUT2D eigenvalue weighted by Crippen LogP contribution is -2.15. The fourth-order valence-electron chi connectivity index (χ4n) is 2.83. The Hall–Kier alpha value is -2.59. The van der Waals surface area contributed by atoms with Crippen LogP contribution in [0.1, 0.15) is 28.5 Å². The second-order valence-electron chi connectivity index (χ2n) is 5.69. The van der Waals surface area contributed by atoms with Gasteiger partial charge in [0.1, 0.15) is 10.5 Å². The van der Waals surface area contributed by atoms with Crippen molar-refractivity contribution in [2.24, 2.45) is 0 Å². The van der Waals surface area contributed by atoms with Gasteiger partial charge in [-0.05, 0) is 19.4 Å². The van der Waals surface area contributed by atoms with Gasteiger partial charge in [0.2, 0.25) is 0 Å². The molecule has 0 spiro atoms. The van der Waals surface area contributed by atoms with Crippen molar-refractivity contribution in [3.8, 4) is 11.4 Å². The molecule has 3 aromatic rings. The lowest BCUT2D eigenvalue weighted by Gasteiger charge is -2.19. The summed E-state index contributed by atoms with van der Waals surface area (Å²) in [5, 5.41) is 0. The monoisotopic (exact) mass is 334 g/mol. The van der Waals surface area contributed by atoms with Gasteiger partial charge < -0.3 is 4.57 Å². The third kappa shape index (κ3) is 3.19. The number of hydrogen-bond acceptors (Lipinski definition) is 3. The van der Waals surface area contributed by atoms with E-state index >= 15 is 0 Å². The lowest BCUT2D eigenvalue weighted by atomic mass is 10.1. The molecule has 0 aliphatic heterocycles. The van der Waals surface area contributed by atoms with Gasteiger partial charge in [-0.3, -0.25) is 4.79 Å². The summed E-state index contributed by atoms with van der Waals surface area (Å²) < 4.78 is 2.43. The summed E-state index contributed by atoms with van der Waals surface area (Å²) >= 11 is 5.38. The first-order valence-electron chi connectivity index (χ1n) is 7.79. The van der Waals surface area contributed by atoms with Crippen molar-refractivity contribution >= 4 is 18.0 Å². The summed E-state index contributed by atoms with van der Waals surface area (Å²) in [6.45, 7) is 4.11. The van der Waals surface area contributed by atoms with Gasteiger partial charge in [-0.25, -0.2) is 4.98 Å². The van der Waals surface area contributed by atoms with E-state index in [9.17, 15) is 4.79 Å². The van der Waals surface area contributed by atoms with E-state index in [-0.39, 0.29) is 5.78 Å². The molecule has 3 rings (SSSR count). The minimum Gasteiger partial charge on any atom is -0.325 e. The zero-order chi connectivity index (χ0) is 17.1. The summed E-state index contributed by atoms with van der Waals surface area (Å²) in [4.78, 5) is 16.6. The molecule has 1 heterocycles. The Balaban J connectivity index is 2.25. The summed E-state index contributed by atoms with van der Waals surface area (Å²) in [6, 6.07) is 20.1. The number of ketones is 1. The molecule has 1 aromatic heterocycles. The Morgan fingerprint density at radius 1 is 1.04 bits per heavy atom. The highest BCUT2D eigenvalue weighted by atomic mass is 32.1. The molecule has 0 aliphatic carbocycles. The Labute approximate surface area is 146 Å². The van der Waals surface area contributed by atoms with Gasteiger partial charge in [0.15, 0.2) is 5.78 Å². The molecule has 4 heteroatoms. The number of hydrogen-bond donors (Lipinski definition) is 0. The first-order chi connectivity index (χ1) is 11.6. The molecule has 0 bridgehead atoms. The Kier molecular flexibility index (Phi) is 4.67. The van der Waals surface area contributed by atoms with E-state index in [1.165, 1.54) is 6.92 Å². The number of benzene rings is 2. The number of nitrogens with zero attached hydrogens (tertiary/aromatic N) is 2. The third-order valence-electron chi connectivity index (χ3n) is 4.01. The molecule has 2 aromatic carbocycles. The molecule has 0 fully saturated rings. The van der Waals surface area contributed by atoms with Crippen molar-refractivity contribution in [1.82, 2.24) is 9.55 Å². The van der Waals surface area contributed by atoms with Gasteiger partial charge in [0.25, 0.3) is 0 Å². The molecule has 0 radical (unpaired) electrons. The maximum atomic E-state index is 12.0. The van der Waals surface area contributed by atoms with Crippen molar-refractivity contribution in [1.29, 1.82) is 0 Å². The van der Waals surface area contributed by atoms with Crippen molar-refractivity contribution in [2.75, 3.05) is 0 Å². The molecule has 0 N–H and O–H groups in total. The van der Waals surface area contributed by atoms with Crippen LogP contribution in [0.15, 0.2) is 60.7 Å². The molecule has 0 saturated carbocycles. The zero-order valence-corrected chi connectivity index (χ0v) is 14.5. The van der Waals surface area contributed by atoms with E-state index in [1.54, 1.807) is 0 Å². The van der Waals surface area contributed by atoms with Crippen molar-refractivity contribution in [3.05, 3.63) is 82.1 Å². The minimum absolute atomic E-state index is 0.0496. The van der Waals surface area contributed by atoms with Gasteiger partial charge in [0, 0.05) is 17.8 Å². The maximum Gasteiger partial charge on any atom is 0.164 e. The van der Waals surface area contributed by atoms with Crippen LogP contribution < -0.4 is 0 Å². The van der Waals surface area contributed by atoms with Gasteiger partial charge in [-0.1, -0.05) is 72.9 Å². The SMILES string of the molecule is CC(=O)c1c(C)n(Cc2ccccc2)c(-c2ccccc2)nc1=S. The number of carbonyl (C=O) groups excluding carboxylic acids is 1. The quantitative estimate of drug-likeness (QED) is 0.506. The average molecular weight is 334 g/mol. The van der Waals surface area contributed by atoms with Crippen LogP contribution in [0.4, 0.5) is 0 Å². The summed E-state index contributed by atoms with van der Waals surface area (Å²) in [5.41, 5.74) is 3.51. The predicted octanol–water partition coefficient (Wildman–Crippen LogP) is 4.84. The van der Waals surface area contributed by atoms with Gasteiger partial charge in [-0.15, -0.1) is 0 Å². The topological polar surface area (TPSA) is 34.9 Å². The van der Waals surface area contributed by atoms with Crippen LogP contribution in [0.3, 0.4) is 0 Å². The highest BCUT2D eigenvalue weighted by Crippen LogP contribution is 2.23. The molecule has 0 atom stereocenters. The normalized spacial score (nSPS) is 10.6. The van der Waals surface area contributed by atoms with E-state index in [4.69, 9.17) is 12.2 Å². The van der Waals surface area contributed by atoms with E-state index in [0.29, 0.717) is 16.7 Å². The molecule has 0 amide bonds. The van der Waals surface area contributed by atoms with Crippen LogP contribution in [-0.2, 0) is 6.54 Å². The van der Waals surface area contributed by atoms with E-state index < -0.39 is 0 Å². The third-order valence-corrected chi connectivity index (χ3v) is 4.31. The van der Waals surface area contributed by atoms with Crippen LogP contribution in [0.2, 0.25) is 0 Å². The lowest BCUT2D eigenvalue weighted by molar-refractivity contribution is 0.101. The Morgan fingerprint density at radius 2 is 1.62 bits per heavy atom. The predicted molar refractivity (Wildman–Crippen MR) is 98.8 cm³/mol. The first kappa shape index (κ1) is 16.3. The van der Waals surface area contributed by atoms with Crippen LogP contribution in [-0.4, -0.2) is 15.3 Å². The molecule has 3 nitrogen and oxygen atoms in total. The first-order valence-corrected chi connectivity index (χ1v) is 8.20. The molecule has 0 aliphatic rings. The molecular formula is C20H18N2OS. The summed E-state index contributed by atoms with van der Waals surface area (Å²) in [6.07, 6.45) is 0. The second kappa shape index (κ2) is 6.89. The number of rotatable bonds is 4. The Morgan fingerprint density at radius 3 is 2.21 bits per heavy atom. The molecule has 0 saturated heterocycles. The van der Waals surface area contributed by atoms with Crippen molar-refractivity contribution < 1.29 is 4.79 Å². The largest absolute Gasteiger partial charge is 0.325 e. The van der Waals surface area contributed by atoms with E-state index in [0.717, 1.165) is 22.6 Å². The maximum absolute atomic E-state index is 12.0. The van der Waals surface area contributed by atoms with Gasteiger partial charge in [0.05, 0.1) is 5.56 Å². The highest BCUT2D eigenvalue weighted by molar-refractivity contribution is 7.71. The van der Waals surface area contributed by atoms with Crippen LogP contribution >= 0.6 is 12.2 Å². The number of aromatic nitrogens is 2. The van der Waals surface area contributed by atoms with Crippen LogP contribution in [0.5, 0.6) is 0 Å². The molecular weight excluding hydrogens is 316 g/mol. The molecule has 0 unspecified atom stereocenters. The average Bonchev–Trinajstić information content (AvgIpc) is 2.58. The minimum atomic E-state index is -0.0496. The number of carbonyl (C=O) groups is 1. The van der Waals surface area contributed by atoms with Crippen LogP contribution in [0, 0.1) is 11.6 Å². The zero-order valence-electron chi connectivity index (χ0n) is 13.7. The Bertz CT molecular complexity index is 931. The second-order valence-corrected chi connectivity index (χ2v) is 6.08. The summed E-state index contributed by atoms with van der Waals surface area (Å²) in [5.74, 6) is 0.735. The smallest absolute Gasteiger partial charge is 0.164 e. The highest BCUT2D eigenvalue weighted by Gasteiger charge is 2.16. The van der Waals surface area contributed by atoms with Crippen LogP contribution in [0.25, 0.3) is 11.4 Å². The number of Topliss-reactive ketones (excluding diaryl/α,β-unsaturated/α-hetero) is 1.